The largest absolute Gasteiger partial charge is 0.350 e. The predicted octanol–water partition coefficient (Wildman–Crippen LogP) is 3.29. The zero-order valence-electron chi connectivity index (χ0n) is 16.4. The molecule has 2 heterocycles. The molecule has 0 aliphatic heterocycles. The minimum atomic E-state index is -0.159. The number of carbonyl (C=O) groups excluding carboxylic acids is 2. The standard InChI is InChI=1S/C21H23N5O3/c1-3-18(27)24-17-6-4-15(5-7-17)14(2)23-19(28)8-9-20-25-21(26-29-20)16-10-12-22-13-11-16/h4-7,10-14H,3,8-9H2,1-2H3,(H,23,28)(H,24,27). The normalized spacial score (nSPS) is 11.7. The number of rotatable bonds is 8. The van der Waals surface area contributed by atoms with Crippen LogP contribution in [0.2, 0.25) is 0 Å². The Morgan fingerprint density at radius 2 is 1.79 bits per heavy atom. The van der Waals surface area contributed by atoms with Gasteiger partial charge in [-0.15, -0.1) is 0 Å². The van der Waals surface area contributed by atoms with Gasteiger partial charge >= 0.3 is 0 Å². The van der Waals surface area contributed by atoms with Crippen LogP contribution in [-0.2, 0) is 16.0 Å². The Morgan fingerprint density at radius 1 is 1.07 bits per heavy atom. The molecule has 0 spiro atoms. The third kappa shape index (κ3) is 5.71. The van der Waals surface area contributed by atoms with Crippen LogP contribution < -0.4 is 10.6 Å². The van der Waals surface area contributed by atoms with E-state index < -0.39 is 0 Å². The lowest BCUT2D eigenvalue weighted by atomic mass is 10.1. The van der Waals surface area contributed by atoms with Crippen LogP contribution in [0, 0.1) is 0 Å². The number of nitrogens with one attached hydrogen (secondary N) is 2. The zero-order valence-corrected chi connectivity index (χ0v) is 16.4. The molecular weight excluding hydrogens is 370 g/mol. The van der Waals surface area contributed by atoms with Crippen LogP contribution in [0.1, 0.15) is 44.2 Å². The molecule has 2 N–H and O–H groups in total. The van der Waals surface area contributed by atoms with Crippen molar-refractivity contribution >= 4 is 17.5 Å². The maximum Gasteiger partial charge on any atom is 0.227 e. The van der Waals surface area contributed by atoms with Crippen LogP contribution in [0.3, 0.4) is 0 Å². The number of pyridine rings is 1. The molecule has 0 fully saturated rings. The van der Waals surface area contributed by atoms with Crippen molar-refractivity contribution in [2.24, 2.45) is 0 Å². The Morgan fingerprint density at radius 3 is 2.48 bits per heavy atom. The third-order valence-electron chi connectivity index (χ3n) is 4.37. The van der Waals surface area contributed by atoms with Gasteiger partial charge in [0.05, 0.1) is 6.04 Å². The molecule has 3 rings (SSSR count). The Hall–Kier alpha value is -3.55. The van der Waals surface area contributed by atoms with Gasteiger partial charge in [-0.1, -0.05) is 24.2 Å². The van der Waals surface area contributed by atoms with Crippen LogP contribution in [0.25, 0.3) is 11.4 Å². The second-order valence-electron chi connectivity index (χ2n) is 6.56. The minimum absolute atomic E-state index is 0.0350. The van der Waals surface area contributed by atoms with E-state index in [4.69, 9.17) is 4.52 Å². The number of hydrogen-bond acceptors (Lipinski definition) is 6. The van der Waals surface area contributed by atoms with Gasteiger partial charge in [0.25, 0.3) is 0 Å². The molecule has 1 unspecified atom stereocenters. The fourth-order valence-corrected chi connectivity index (χ4v) is 2.70. The van der Waals surface area contributed by atoms with E-state index in [1.54, 1.807) is 31.5 Å². The lowest BCUT2D eigenvalue weighted by molar-refractivity contribution is -0.121. The number of nitrogens with zero attached hydrogens (tertiary/aromatic N) is 3. The van der Waals surface area contributed by atoms with Crippen LogP contribution in [0.15, 0.2) is 53.3 Å². The molecule has 1 atom stereocenters. The van der Waals surface area contributed by atoms with Gasteiger partial charge in [-0.25, -0.2) is 0 Å². The number of hydrogen-bond donors (Lipinski definition) is 2. The van der Waals surface area contributed by atoms with Crippen molar-refractivity contribution in [3.05, 3.63) is 60.2 Å². The summed E-state index contributed by atoms with van der Waals surface area (Å²) >= 11 is 0. The maximum absolute atomic E-state index is 12.3. The number of anilines is 1. The molecule has 3 aromatic rings. The second kappa shape index (κ2) is 9.59. The third-order valence-corrected chi connectivity index (χ3v) is 4.37. The Labute approximate surface area is 168 Å². The van der Waals surface area contributed by atoms with Gasteiger partial charge in [0.2, 0.25) is 23.5 Å². The molecule has 0 bridgehead atoms. The fraction of sp³-hybridized carbons (Fsp3) is 0.286. The second-order valence-corrected chi connectivity index (χ2v) is 6.56. The molecule has 2 aromatic heterocycles. The summed E-state index contributed by atoms with van der Waals surface area (Å²) in [7, 11) is 0. The number of benzene rings is 1. The number of amides is 2. The quantitative estimate of drug-likeness (QED) is 0.608. The highest BCUT2D eigenvalue weighted by atomic mass is 16.5. The average molecular weight is 393 g/mol. The van der Waals surface area contributed by atoms with E-state index in [1.165, 1.54) is 0 Å². The molecule has 8 nitrogen and oxygen atoms in total. The van der Waals surface area contributed by atoms with Gasteiger partial charge in [0, 0.05) is 42.9 Å². The van der Waals surface area contributed by atoms with Crippen molar-refractivity contribution in [2.75, 3.05) is 5.32 Å². The summed E-state index contributed by atoms with van der Waals surface area (Å²) < 4.78 is 5.22. The molecule has 8 heteroatoms. The Bertz CT molecular complexity index is 954. The molecule has 0 saturated heterocycles. The minimum Gasteiger partial charge on any atom is -0.350 e. The van der Waals surface area contributed by atoms with E-state index in [2.05, 4.69) is 25.8 Å². The van der Waals surface area contributed by atoms with E-state index in [9.17, 15) is 9.59 Å². The van der Waals surface area contributed by atoms with Gasteiger partial charge in [-0.05, 0) is 36.8 Å². The summed E-state index contributed by atoms with van der Waals surface area (Å²) in [4.78, 5) is 32.0. The van der Waals surface area contributed by atoms with Crippen LogP contribution in [-0.4, -0.2) is 26.9 Å². The average Bonchev–Trinajstić information content (AvgIpc) is 3.22. The summed E-state index contributed by atoms with van der Waals surface area (Å²) in [6.07, 6.45) is 4.35. The Kier molecular flexibility index (Phi) is 6.67. The highest BCUT2D eigenvalue weighted by molar-refractivity contribution is 5.90. The smallest absolute Gasteiger partial charge is 0.227 e. The van der Waals surface area contributed by atoms with Gasteiger partial charge in [-0.3, -0.25) is 14.6 Å². The highest BCUT2D eigenvalue weighted by Gasteiger charge is 2.13. The van der Waals surface area contributed by atoms with E-state index in [-0.39, 0.29) is 24.3 Å². The van der Waals surface area contributed by atoms with Gasteiger partial charge in [-0.2, -0.15) is 4.98 Å². The number of aromatic nitrogens is 3. The SMILES string of the molecule is CCC(=O)Nc1ccc(C(C)NC(=O)CCc2nc(-c3ccncc3)no2)cc1. The van der Waals surface area contributed by atoms with Crippen molar-refractivity contribution in [1.29, 1.82) is 0 Å². The van der Waals surface area contributed by atoms with Crippen molar-refractivity contribution in [3.63, 3.8) is 0 Å². The molecule has 0 aliphatic rings. The molecule has 1 aromatic carbocycles. The summed E-state index contributed by atoms with van der Waals surface area (Å²) in [5.41, 5.74) is 2.50. The summed E-state index contributed by atoms with van der Waals surface area (Å²) in [6, 6.07) is 10.8. The van der Waals surface area contributed by atoms with E-state index in [0.29, 0.717) is 24.6 Å². The highest BCUT2D eigenvalue weighted by Crippen LogP contribution is 2.17. The first-order chi connectivity index (χ1) is 14.0. The molecule has 0 radical (unpaired) electrons. The molecule has 0 saturated carbocycles. The maximum atomic E-state index is 12.3. The molecular formula is C21H23N5O3. The lowest BCUT2D eigenvalue weighted by Gasteiger charge is -2.14. The van der Waals surface area contributed by atoms with Crippen molar-refractivity contribution in [2.45, 2.75) is 39.2 Å². The van der Waals surface area contributed by atoms with Crippen molar-refractivity contribution in [3.8, 4) is 11.4 Å². The van der Waals surface area contributed by atoms with Crippen molar-refractivity contribution in [1.82, 2.24) is 20.4 Å². The van der Waals surface area contributed by atoms with Gasteiger partial charge < -0.3 is 15.2 Å². The lowest BCUT2D eigenvalue weighted by Crippen LogP contribution is -2.26. The van der Waals surface area contributed by atoms with E-state index in [0.717, 1.165) is 16.8 Å². The van der Waals surface area contributed by atoms with Crippen LogP contribution in [0.5, 0.6) is 0 Å². The van der Waals surface area contributed by atoms with E-state index >= 15 is 0 Å². The fourth-order valence-electron chi connectivity index (χ4n) is 2.70. The number of aryl methyl sites for hydroxylation is 1. The summed E-state index contributed by atoms with van der Waals surface area (Å²) in [5.74, 6) is 0.749. The van der Waals surface area contributed by atoms with E-state index in [1.807, 2.05) is 31.2 Å². The zero-order chi connectivity index (χ0) is 20.6. The first-order valence-corrected chi connectivity index (χ1v) is 9.47. The molecule has 0 aliphatic carbocycles. The number of carbonyl (C=O) groups is 2. The summed E-state index contributed by atoms with van der Waals surface area (Å²) in [6.45, 7) is 3.71. The topological polar surface area (TPSA) is 110 Å². The predicted molar refractivity (Wildman–Crippen MR) is 108 cm³/mol. The first kappa shape index (κ1) is 20.2. The van der Waals surface area contributed by atoms with Gasteiger partial charge in [0.1, 0.15) is 0 Å². The molecule has 29 heavy (non-hydrogen) atoms. The molecule has 2 amide bonds. The summed E-state index contributed by atoms with van der Waals surface area (Å²) in [5, 5.41) is 9.68. The van der Waals surface area contributed by atoms with Crippen molar-refractivity contribution < 1.29 is 14.1 Å². The van der Waals surface area contributed by atoms with Crippen LogP contribution in [0.4, 0.5) is 5.69 Å². The van der Waals surface area contributed by atoms with Crippen LogP contribution >= 0.6 is 0 Å². The first-order valence-electron chi connectivity index (χ1n) is 9.47. The monoisotopic (exact) mass is 393 g/mol. The molecule has 150 valence electrons. The Balaban J connectivity index is 1.49. The van der Waals surface area contributed by atoms with Gasteiger partial charge in [0.15, 0.2) is 0 Å².